The highest BCUT2D eigenvalue weighted by molar-refractivity contribution is 7.99. The molecule has 2 unspecified atom stereocenters. The lowest BCUT2D eigenvalue weighted by Crippen LogP contribution is -2.30. The van der Waals surface area contributed by atoms with Gasteiger partial charge in [0.05, 0.1) is 11.8 Å². The number of hydrogen-bond acceptors (Lipinski definition) is 4. The fraction of sp³-hybridized carbons (Fsp3) is 0.364. The predicted molar refractivity (Wildman–Crippen MR) is 106 cm³/mol. The Labute approximate surface area is 158 Å². The van der Waals surface area contributed by atoms with Gasteiger partial charge in [-0.05, 0) is 31.1 Å². The average Bonchev–Trinajstić information content (AvgIpc) is 3.38. The van der Waals surface area contributed by atoms with Crippen LogP contribution in [0, 0.1) is 5.41 Å². The van der Waals surface area contributed by atoms with Crippen molar-refractivity contribution in [3.05, 3.63) is 77.2 Å². The maximum atomic E-state index is 13.2. The van der Waals surface area contributed by atoms with Crippen LogP contribution in [0.1, 0.15) is 52.9 Å². The van der Waals surface area contributed by atoms with Crippen LogP contribution in [0.4, 0.5) is 0 Å². The van der Waals surface area contributed by atoms with Crippen LogP contribution in [0.15, 0.2) is 59.3 Å². The second kappa shape index (κ2) is 6.92. The minimum atomic E-state index is -0.0154. The summed E-state index contributed by atoms with van der Waals surface area (Å²) in [5.74, 6) is 1.16. The van der Waals surface area contributed by atoms with Crippen molar-refractivity contribution in [2.45, 2.75) is 37.4 Å². The molecule has 2 aliphatic rings. The lowest BCUT2D eigenvalue weighted by atomic mass is 9.76. The van der Waals surface area contributed by atoms with E-state index in [4.69, 9.17) is 4.52 Å². The number of benzene rings is 1. The highest BCUT2D eigenvalue weighted by atomic mass is 32.2. The molecule has 134 valence electrons. The normalized spacial score (nSPS) is 24.8. The summed E-state index contributed by atoms with van der Waals surface area (Å²) < 4.78 is 5.38. The molecule has 0 radical (unpaired) electrons. The molecule has 4 rings (SSSR count). The molecule has 1 aromatic heterocycles. The van der Waals surface area contributed by atoms with Crippen LogP contribution in [0.3, 0.4) is 0 Å². The molecule has 2 atom stereocenters. The summed E-state index contributed by atoms with van der Waals surface area (Å²) in [4.78, 5) is 13.2. The number of carbonyl (C=O) groups is 1. The van der Waals surface area contributed by atoms with E-state index in [0.29, 0.717) is 16.7 Å². The molecule has 2 aromatic rings. The van der Waals surface area contributed by atoms with E-state index in [0.717, 1.165) is 36.1 Å². The third kappa shape index (κ3) is 3.18. The van der Waals surface area contributed by atoms with E-state index in [2.05, 4.69) is 48.7 Å². The van der Waals surface area contributed by atoms with E-state index in [-0.39, 0.29) is 11.2 Å². The first kappa shape index (κ1) is 17.3. The maximum absolute atomic E-state index is 13.2. The van der Waals surface area contributed by atoms with Crippen LogP contribution in [0.5, 0.6) is 0 Å². The van der Waals surface area contributed by atoms with Gasteiger partial charge in [-0.1, -0.05) is 60.6 Å². The summed E-state index contributed by atoms with van der Waals surface area (Å²) in [6.45, 7) is 2.27. The fourth-order valence-corrected chi connectivity index (χ4v) is 4.72. The van der Waals surface area contributed by atoms with Gasteiger partial charge in [0.25, 0.3) is 0 Å². The smallest absolute Gasteiger partial charge is 0.198 e. The van der Waals surface area contributed by atoms with Gasteiger partial charge in [-0.3, -0.25) is 4.79 Å². The Morgan fingerprint density at radius 1 is 1.27 bits per heavy atom. The Balaban J connectivity index is 1.67. The Kier molecular flexibility index (Phi) is 4.62. The van der Waals surface area contributed by atoms with Crippen LogP contribution in [-0.2, 0) is 6.42 Å². The summed E-state index contributed by atoms with van der Waals surface area (Å²) in [5.41, 5.74) is 2.47. The van der Waals surface area contributed by atoms with E-state index >= 15 is 0 Å². The van der Waals surface area contributed by atoms with Gasteiger partial charge < -0.3 is 4.52 Å². The zero-order valence-electron chi connectivity index (χ0n) is 15.1. The van der Waals surface area contributed by atoms with Crippen molar-refractivity contribution in [2.24, 2.45) is 5.41 Å². The maximum Gasteiger partial charge on any atom is 0.198 e. The molecule has 0 aliphatic heterocycles. The Morgan fingerprint density at radius 3 is 2.85 bits per heavy atom. The van der Waals surface area contributed by atoms with Gasteiger partial charge in [0.15, 0.2) is 11.5 Å². The van der Waals surface area contributed by atoms with Gasteiger partial charge in [0, 0.05) is 22.1 Å². The van der Waals surface area contributed by atoms with Crippen molar-refractivity contribution >= 4 is 17.5 Å². The molecule has 0 spiro atoms. The first-order valence-electron chi connectivity index (χ1n) is 9.08. The summed E-state index contributed by atoms with van der Waals surface area (Å²) in [5, 5.41) is 4.29. The Morgan fingerprint density at radius 2 is 2.08 bits per heavy atom. The number of aromatic nitrogens is 1. The van der Waals surface area contributed by atoms with Crippen molar-refractivity contribution in [1.29, 1.82) is 0 Å². The molecular weight excluding hydrogens is 342 g/mol. The number of rotatable bonds is 6. The van der Waals surface area contributed by atoms with Gasteiger partial charge in [-0.15, -0.1) is 0 Å². The molecule has 4 heteroatoms. The third-order valence-corrected chi connectivity index (χ3v) is 6.61. The molecule has 1 fully saturated rings. The van der Waals surface area contributed by atoms with Crippen LogP contribution < -0.4 is 0 Å². The fourth-order valence-electron chi connectivity index (χ4n) is 3.77. The summed E-state index contributed by atoms with van der Waals surface area (Å²) >= 11 is 1.85. The zero-order valence-corrected chi connectivity index (χ0v) is 16.0. The summed E-state index contributed by atoms with van der Waals surface area (Å²) in [6.07, 6.45) is 15.5. The Hall–Kier alpha value is -2.07. The van der Waals surface area contributed by atoms with Gasteiger partial charge >= 0.3 is 0 Å². The minimum Gasteiger partial charge on any atom is -0.360 e. The van der Waals surface area contributed by atoms with Crippen molar-refractivity contribution in [3.8, 4) is 0 Å². The average molecular weight is 365 g/mol. The molecule has 1 saturated carbocycles. The van der Waals surface area contributed by atoms with Crippen molar-refractivity contribution in [2.75, 3.05) is 6.26 Å². The largest absolute Gasteiger partial charge is 0.360 e. The number of carbonyl (C=O) groups excluding carboxylic acids is 1. The molecule has 0 amide bonds. The number of nitrogens with zero attached hydrogens (tertiary/aromatic N) is 1. The van der Waals surface area contributed by atoms with E-state index < -0.39 is 0 Å². The molecule has 0 bridgehead atoms. The Bertz CT molecular complexity index is 878. The molecule has 2 aliphatic carbocycles. The lowest BCUT2D eigenvalue weighted by Gasteiger charge is -2.35. The van der Waals surface area contributed by atoms with Crippen molar-refractivity contribution in [1.82, 2.24) is 5.16 Å². The van der Waals surface area contributed by atoms with Gasteiger partial charge in [-0.25, -0.2) is 0 Å². The molecule has 0 saturated heterocycles. The van der Waals surface area contributed by atoms with Crippen molar-refractivity contribution in [3.63, 3.8) is 0 Å². The van der Waals surface area contributed by atoms with E-state index in [1.165, 1.54) is 0 Å². The lowest BCUT2D eigenvalue weighted by molar-refractivity contribution is 0.103. The number of allylic oxidation sites excluding steroid dienone is 3. The zero-order chi connectivity index (χ0) is 18.1. The number of thioether (sulfide) groups is 1. The minimum absolute atomic E-state index is 0.0154. The SMILES string of the molecule is CSC1C=CC=CC1(C)Cc1ccccc1C(=O)c1cnoc1C1CC1. The quantitative estimate of drug-likeness (QED) is 0.661. The van der Waals surface area contributed by atoms with Crippen LogP contribution >= 0.6 is 11.8 Å². The van der Waals surface area contributed by atoms with Crippen LogP contribution in [-0.4, -0.2) is 22.4 Å². The van der Waals surface area contributed by atoms with Gasteiger partial charge in [0.1, 0.15) is 0 Å². The predicted octanol–water partition coefficient (Wildman–Crippen LogP) is 5.19. The number of ketones is 1. The molecular formula is C22H23NO2S. The van der Waals surface area contributed by atoms with E-state index in [1.807, 2.05) is 30.0 Å². The summed E-state index contributed by atoms with van der Waals surface area (Å²) in [7, 11) is 0. The van der Waals surface area contributed by atoms with E-state index in [9.17, 15) is 4.79 Å². The second-order valence-corrected chi connectivity index (χ2v) is 8.43. The second-order valence-electron chi connectivity index (χ2n) is 7.45. The van der Waals surface area contributed by atoms with Gasteiger partial charge in [-0.2, -0.15) is 11.8 Å². The highest BCUT2D eigenvalue weighted by Crippen LogP contribution is 2.43. The van der Waals surface area contributed by atoms with Crippen LogP contribution in [0.25, 0.3) is 0 Å². The summed E-state index contributed by atoms with van der Waals surface area (Å²) in [6, 6.07) is 7.96. The number of hydrogen-bond donors (Lipinski definition) is 0. The highest BCUT2D eigenvalue weighted by Gasteiger charge is 2.35. The monoisotopic (exact) mass is 365 g/mol. The standard InChI is InChI=1S/C22H23NO2S/c1-22(12-6-5-9-19(22)26-2)13-16-7-3-4-8-17(16)20(24)18-14-23-25-21(18)15-10-11-15/h3-9,12,14-15,19H,10-11,13H2,1-2H3. The molecule has 1 heterocycles. The molecule has 3 nitrogen and oxygen atoms in total. The first-order valence-corrected chi connectivity index (χ1v) is 10.4. The van der Waals surface area contributed by atoms with Gasteiger partial charge in [0.2, 0.25) is 0 Å². The topological polar surface area (TPSA) is 43.1 Å². The van der Waals surface area contributed by atoms with Crippen LogP contribution in [0.2, 0.25) is 0 Å². The third-order valence-electron chi connectivity index (χ3n) is 5.40. The first-order chi connectivity index (χ1) is 12.6. The molecule has 0 N–H and O–H groups in total. The molecule has 26 heavy (non-hydrogen) atoms. The molecule has 1 aromatic carbocycles. The van der Waals surface area contributed by atoms with Crippen molar-refractivity contribution < 1.29 is 9.32 Å². The van der Waals surface area contributed by atoms with E-state index in [1.54, 1.807) is 6.20 Å².